The third kappa shape index (κ3) is 12.9. The summed E-state index contributed by atoms with van der Waals surface area (Å²) in [6.07, 6.45) is -0.322. The Morgan fingerprint density at radius 1 is 0.857 bits per heavy atom. The van der Waals surface area contributed by atoms with Crippen LogP contribution in [0.3, 0.4) is 0 Å². The molecule has 1 aromatic carbocycles. The van der Waals surface area contributed by atoms with Gasteiger partial charge in [0.1, 0.15) is 12.2 Å². The second-order valence-corrected chi connectivity index (χ2v) is 11.5. The van der Waals surface area contributed by atoms with Gasteiger partial charge < -0.3 is 19.7 Å². The molecule has 0 aliphatic carbocycles. The Hall–Kier alpha value is -2.16. The standard InChI is InChI=1S/C27H46N4O4/c1-26(2,3)22-30-15-13-28-12-14-29(20-24(32)35-27(4,5)6)16-18-31(19-17-30)25(33)34-21-23-10-8-7-9-11-23/h7-11,28H,12-22H2,1-6H3. The number of ether oxygens (including phenoxy) is 2. The van der Waals surface area contributed by atoms with Gasteiger partial charge >= 0.3 is 12.1 Å². The summed E-state index contributed by atoms with van der Waals surface area (Å²) in [4.78, 5) is 31.7. The maximum atomic E-state index is 13.1. The second kappa shape index (κ2) is 13.8. The number of benzene rings is 1. The molecular weight excluding hydrogens is 444 g/mol. The van der Waals surface area contributed by atoms with Crippen LogP contribution >= 0.6 is 0 Å². The predicted octanol–water partition coefficient (Wildman–Crippen LogP) is 3.22. The third-order valence-electron chi connectivity index (χ3n) is 5.52. The van der Waals surface area contributed by atoms with Gasteiger partial charge in [-0.2, -0.15) is 0 Å². The fraction of sp³-hybridized carbons (Fsp3) is 0.704. The zero-order valence-corrected chi connectivity index (χ0v) is 22.6. The number of rotatable bonds is 5. The highest BCUT2D eigenvalue weighted by Crippen LogP contribution is 2.15. The Morgan fingerprint density at radius 3 is 2.06 bits per heavy atom. The van der Waals surface area contributed by atoms with Crippen LogP contribution in [-0.4, -0.2) is 97.8 Å². The van der Waals surface area contributed by atoms with Gasteiger partial charge in [0, 0.05) is 58.9 Å². The Balaban J connectivity index is 2.07. The zero-order valence-electron chi connectivity index (χ0n) is 22.6. The number of nitrogens with zero attached hydrogens (tertiary/aromatic N) is 3. The Labute approximate surface area is 211 Å². The van der Waals surface area contributed by atoms with Crippen LogP contribution in [-0.2, 0) is 20.9 Å². The summed E-state index contributed by atoms with van der Waals surface area (Å²) >= 11 is 0. The molecule has 0 radical (unpaired) electrons. The first-order valence-corrected chi connectivity index (χ1v) is 12.7. The molecule has 1 aromatic rings. The number of hydrogen-bond donors (Lipinski definition) is 1. The maximum absolute atomic E-state index is 13.1. The highest BCUT2D eigenvalue weighted by Gasteiger charge is 2.23. The summed E-state index contributed by atoms with van der Waals surface area (Å²) in [5.41, 5.74) is 0.605. The van der Waals surface area contributed by atoms with Gasteiger partial charge in [0.2, 0.25) is 0 Å². The second-order valence-electron chi connectivity index (χ2n) is 11.5. The van der Waals surface area contributed by atoms with E-state index in [9.17, 15) is 9.59 Å². The SMILES string of the molecule is CC(C)(C)CN1CCNCCN(CC(=O)OC(C)(C)C)CCN(C(=O)OCc2ccccc2)CC1. The molecular formula is C27H46N4O4. The summed E-state index contributed by atoms with van der Waals surface area (Å²) < 4.78 is 11.2. The van der Waals surface area contributed by atoms with E-state index < -0.39 is 5.60 Å². The average molecular weight is 491 g/mol. The molecule has 0 unspecified atom stereocenters. The summed E-state index contributed by atoms with van der Waals surface area (Å²) in [6, 6.07) is 9.72. The van der Waals surface area contributed by atoms with E-state index in [1.54, 1.807) is 4.90 Å². The van der Waals surface area contributed by atoms with Crippen LogP contribution in [0.5, 0.6) is 0 Å². The van der Waals surface area contributed by atoms with Crippen molar-refractivity contribution in [2.45, 2.75) is 53.8 Å². The van der Waals surface area contributed by atoms with Crippen molar-refractivity contribution in [3.63, 3.8) is 0 Å². The molecule has 2 rings (SSSR count). The van der Waals surface area contributed by atoms with Gasteiger partial charge in [-0.1, -0.05) is 51.1 Å². The third-order valence-corrected chi connectivity index (χ3v) is 5.52. The minimum atomic E-state index is -0.522. The number of esters is 1. The lowest BCUT2D eigenvalue weighted by atomic mass is 9.96. The van der Waals surface area contributed by atoms with E-state index in [0.717, 1.165) is 38.3 Å². The van der Waals surface area contributed by atoms with Crippen LogP contribution in [0.1, 0.15) is 47.1 Å². The number of carbonyl (C=O) groups excluding carboxylic acids is 2. The first kappa shape index (κ1) is 29.1. The number of carbonyl (C=O) groups is 2. The van der Waals surface area contributed by atoms with Gasteiger partial charge in [-0.3, -0.25) is 14.6 Å². The van der Waals surface area contributed by atoms with Gasteiger partial charge in [0.15, 0.2) is 0 Å². The summed E-state index contributed by atoms with van der Waals surface area (Å²) in [5.74, 6) is -0.251. The molecule has 1 heterocycles. The fourth-order valence-electron chi connectivity index (χ4n) is 4.00. The van der Waals surface area contributed by atoms with Crippen LogP contribution in [0.15, 0.2) is 30.3 Å². The van der Waals surface area contributed by atoms with E-state index in [4.69, 9.17) is 9.47 Å². The molecule has 8 heteroatoms. The topological polar surface area (TPSA) is 74.4 Å². The van der Waals surface area contributed by atoms with E-state index in [1.807, 2.05) is 56.0 Å². The molecule has 1 aliphatic heterocycles. The quantitative estimate of drug-likeness (QED) is 0.635. The van der Waals surface area contributed by atoms with Crippen molar-refractivity contribution >= 4 is 12.1 Å². The van der Waals surface area contributed by atoms with Crippen LogP contribution in [0, 0.1) is 5.41 Å². The monoisotopic (exact) mass is 490 g/mol. The van der Waals surface area contributed by atoms with E-state index in [-0.39, 0.29) is 30.6 Å². The summed E-state index contributed by atoms with van der Waals surface area (Å²) in [6.45, 7) is 19.3. The highest BCUT2D eigenvalue weighted by molar-refractivity contribution is 5.72. The molecule has 0 spiro atoms. The van der Waals surface area contributed by atoms with Gasteiger partial charge in [-0.25, -0.2) is 4.79 Å². The normalized spacial score (nSPS) is 17.8. The molecule has 1 fully saturated rings. The lowest BCUT2D eigenvalue weighted by molar-refractivity contribution is -0.156. The largest absolute Gasteiger partial charge is 0.459 e. The number of nitrogens with one attached hydrogen (secondary N) is 1. The van der Waals surface area contributed by atoms with Crippen molar-refractivity contribution in [3.8, 4) is 0 Å². The molecule has 0 aromatic heterocycles. The smallest absolute Gasteiger partial charge is 0.410 e. The molecule has 0 bridgehead atoms. The van der Waals surface area contributed by atoms with Crippen molar-refractivity contribution in [1.82, 2.24) is 20.0 Å². The first-order valence-electron chi connectivity index (χ1n) is 12.7. The van der Waals surface area contributed by atoms with Gasteiger partial charge in [-0.15, -0.1) is 0 Å². The van der Waals surface area contributed by atoms with Crippen LogP contribution < -0.4 is 5.32 Å². The van der Waals surface area contributed by atoms with Crippen molar-refractivity contribution in [2.24, 2.45) is 5.41 Å². The van der Waals surface area contributed by atoms with Crippen molar-refractivity contribution in [2.75, 3.05) is 65.4 Å². The minimum absolute atomic E-state index is 0.167. The van der Waals surface area contributed by atoms with Crippen LogP contribution in [0.2, 0.25) is 0 Å². The number of hydrogen-bond acceptors (Lipinski definition) is 7. The summed E-state index contributed by atoms with van der Waals surface area (Å²) in [7, 11) is 0. The molecule has 1 amide bonds. The molecule has 8 nitrogen and oxygen atoms in total. The Kier molecular flexibility index (Phi) is 11.5. The maximum Gasteiger partial charge on any atom is 0.410 e. The highest BCUT2D eigenvalue weighted by atomic mass is 16.6. The van der Waals surface area contributed by atoms with E-state index in [0.29, 0.717) is 26.2 Å². The molecule has 198 valence electrons. The van der Waals surface area contributed by atoms with Crippen LogP contribution in [0.4, 0.5) is 4.79 Å². The lowest BCUT2D eigenvalue weighted by Crippen LogP contribution is -2.48. The average Bonchev–Trinajstić information content (AvgIpc) is 2.74. The Morgan fingerprint density at radius 2 is 1.46 bits per heavy atom. The van der Waals surface area contributed by atoms with Gasteiger partial charge in [0.05, 0.1) is 6.54 Å². The number of amides is 1. The minimum Gasteiger partial charge on any atom is -0.459 e. The van der Waals surface area contributed by atoms with Crippen molar-refractivity contribution in [3.05, 3.63) is 35.9 Å². The fourth-order valence-corrected chi connectivity index (χ4v) is 4.00. The molecule has 0 atom stereocenters. The van der Waals surface area contributed by atoms with Gasteiger partial charge in [0.25, 0.3) is 0 Å². The van der Waals surface area contributed by atoms with Crippen molar-refractivity contribution in [1.29, 1.82) is 0 Å². The molecule has 1 saturated heterocycles. The Bertz CT molecular complexity index is 774. The molecule has 1 N–H and O–H groups in total. The van der Waals surface area contributed by atoms with Crippen LogP contribution in [0.25, 0.3) is 0 Å². The zero-order chi connectivity index (χ0) is 25.9. The molecule has 0 saturated carbocycles. The lowest BCUT2D eigenvalue weighted by Gasteiger charge is -2.34. The molecule has 35 heavy (non-hydrogen) atoms. The van der Waals surface area contributed by atoms with Gasteiger partial charge in [-0.05, 0) is 31.7 Å². The predicted molar refractivity (Wildman–Crippen MR) is 139 cm³/mol. The van der Waals surface area contributed by atoms with E-state index in [1.165, 1.54) is 0 Å². The molecule has 1 aliphatic rings. The first-order chi connectivity index (χ1) is 16.4. The van der Waals surface area contributed by atoms with E-state index in [2.05, 4.69) is 31.0 Å². The summed E-state index contributed by atoms with van der Waals surface area (Å²) in [5, 5.41) is 3.50. The van der Waals surface area contributed by atoms with E-state index >= 15 is 0 Å². The van der Waals surface area contributed by atoms with Crippen molar-refractivity contribution < 1.29 is 19.1 Å².